The molecule has 0 rings (SSSR count). The maximum atomic E-state index is 10.2. The van der Waals surface area contributed by atoms with Crippen LogP contribution in [0.25, 0.3) is 0 Å². The summed E-state index contributed by atoms with van der Waals surface area (Å²) >= 11 is 0. The van der Waals surface area contributed by atoms with E-state index in [1.54, 1.807) is 13.0 Å². The quantitative estimate of drug-likeness (QED) is 0.498. The third-order valence-corrected chi connectivity index (χ3v) is 1.35. The second kappa shape index (κ2) is 7.28. The van der Waals surface area contributed by atoms with E-state index < -0.39 is 5.97 Å². The molecular formula is C8H16O3. The third kappa shape index (κ3) is 7.06. The number of hydrogen-bond donors (Lipinski definition) is 1. The molecule has 0 aliphatic carbocycles. The molecule has 11 heavy (non-hydrogen) atoms. The van der Waals surface area contributed by atoms with Crippen LogP contribution in [0.2, 0.25) is 0 Å². The Morgan fingerprint density at radius 1 is 1.55 bits per heavy atom. The molecule has 0 unspecified atom stereocenters. The fraction of sp³-hybridized carbons (Fsp3) is 0.625. The standard InChI is InChI=1S/C8H14O2.H2O/c1-3-4-5-6-7(2)8(9)10;/h6H,3-5H2,1-2H3,(H,9,10);1H2/b7-6-;. The van der Waals surface area contributed by atoms with E-state index in [1.165, 1.54) is 0 Å². The third-order valence-electron chi connectivity index (χ3n) is 1.35. The highest BCUT2D eigenvalue weighted by Crippen LogP contribution is 2.00. The molecule has 66 valence electrons. The molecule has 0 aliphatic heterocycles. The second-order valence-corrected chi connectivity index (χ2v) is 2.33. The highest BCUT2D eigenvalue weighted by molar-refractivity contribution is 5.85. The Morgan fingerprint density at radius 2 is 2.09 bits per heavy atom. The molecule has 0 spiro atoms. The summed E-state index contributed by atoms with van der Waals surface area (Å²) in [6.07, 6.45) is 4.84. The number of carboxylic acids is 1. The highest BCUT2D eigenvalue weighted by atomic mass is 16.4. The maximum Gasteiger partial charge on any atom is 0.330 e. The van der Waals surface area contributed by atoms with Gasteiger partial charge in [-0.15, -0.1) is 0 Å². The van der Waals surface area contributed by atoms with Crippen molar-refractivity contribution < 1.29 is 15.4 Å². The normalized spacial score (nSPS) is 10.5. The summed E-state index contributed by atoms with van der Waals surface area (Å²) in [5, 5.41) is 8.41. The summed E-state index contributed by atoms with van der Waals surface area (Å²) in [6, 6.07) is 0. The van der Waals surface area contributed by atoms with E-state index in [1.807, 2.05) is 0 Å². The summed E-state index contributed by atoms with van der Waals surface area (Å²) in [6.45, 7) is 3.71. The van der Waals surface area contributed by atoms with Gasteiger partial charge in [-0.1, -0.05) is 25.8 Å². The Kier molecular flexibility index (Phi) is 8.48. The predicted octanol–water partition coefficient (Wildman–Crippen LogP) is 1.38. The van der Waals surface area contributed by atoms with Crippen LogP contribution in [-0.2, 0) is 4.79 Å². The van der Waals surface area contributed by atoms with Crippen LogP contribution in [0.4, 0.5) is 0 Å². The van der Waals surface area contributed by atoms with E-state index in [9.17, 15) is 4.79 Å². The molecule has 0 amide bonds. The lowest BCUT2D eigenvalue weighted by atomic mass is 10.2. The van der Waals surface area contributed by atoms with Crippen LogP contribution in [0.1, 0.15) is 33.1 Å². The topological polar surface area (TPSA) is 68.8 Å². The van der Waals surface area contributed by atoms with Crippen molar-refractivity contribution in [3.05, 3.63) is 11.6 Å². The lowest BCUT2D eigenvalue weighted by Crippen LogP contribution is -1.95. The molecule has 0 fully saturated rings. The average molecular weight is 160 g/mol. The first-order valence-electron chi connectivity index (χ1n) is 3.58. The van der Waals surface area contributed by atoms with Crippen molar-refractivity contribution in [2.75, 3.05) is 0 Å². The first-order chi connectivity index (χ1) is 4.68. The van der Waals surface area contributed by atoms with E-state index in [2.05, 4.69) is 6.92 Å². The van der Waals surface area contributed by atoms with Gasteiger partial charge in [0.2, 0.25) is 0 Å². The van der Waals surface area contributed by atoms with E-state index in [0.29, 0.717) is 5.57 Å². The fourth-order valence-corrected chi connectivity index (χ4v) is 0.610. The molecule has 0 aromatic rings. The molecule has 0 aromatic heterocycles. The predicted molar refractivity (Wildman–Crippen MR) is 44.5 cm³/mol. The van der Waals surface area contributed by atoms with Crippen LogP contribution in [0.3, 0.4) is 0 Å². The molecule has 0 aromatic carbocycles. The van der Waals surface area contributed by atoms with Crippen LogP contribution in [0.5, 0.6) is 0 Å². The van der Waals surface area contributed by atoms with Crippen molar-refractivity contribution in [2.45, 2.75) is 33.1 Å². The minimum atomic E-state index is -0.809. The number of aliphatic carboxylic acids is 1. The van der Waals surface area contributed by atoms with Crippen molar-refractivity contribution in [3.8, 4) is 0 Å². The van der Waals surface area contributed by atoms with E-state index >= 15 is 0 Å². The van der Waals surface area contributed by atoms with Gasteiger partial charge < -0.3 is 10.6 Å². The first kappa shape index (κ1) is 12.8. The zero-order valence-electron chi connectivity index (χ0n) is 7.05. The molecule has 3 nitrogen and oxygen atoms in total. The molecule has 3 N–H and O–H groups in total. The van der Waals surface area contributed by atoms with Gasteiger partial charge >= 0.3 is 5.97 Å². The zero-order valence-corrected chi connectivity index (χ0v) is 7.05. The summed E-state index contributed by atoms with van der Waals surface area (Å²) in [4.78, 5) is 10.2. The van der Waals surface area contributed by atoms with Crippen molar-refractivity contribution >= 4 is 5.97 Å². The van der Waals surface area contributed by atoms with Gasteiger partial charge in [0.05, 0.1) is 0 Å². The van der Waals surface area contributed by atoms with Crippen molar-refractivity contribution in [3.63, 3.8) is 0 Å². The fourth-order valence-electron chi connectivity index (χ4n) is 0.610. The SMILES string of the molecule is CCCC/C=C(/C)C(=O)O.O. The largest absolute Gasteiger partial charge is 0.478 e. The monoisotopic (exact) mass is 160 g/mol. The Morgan fingerprint density at radius 3 is 2.45 bits per heavy atom. The summed E-state index contributed by atoms with van der Waals surface area (Å²) < 4.78 is 0. The van der Waals surface area contributed by atoms with Crippen molar-refractivity contribution in [2.24, 2.45) is 0 Å². The van der Waals surface area contributed by atoms with Gasteiger partial charge in [0.1, 0.15) is 0 Å². The van der Waals surface area contributed by atoms with E-state index in [-0.39, 0.29) is 5.48 Å². The van der Waals surface area contributed by atoms with E-state index in [0.717, 1.165) is 19.3 Å². The Hall–Kier alpha value is -0.830. The Labute approximate surface area is 67.0 Å². The summed E-state index contributed by atoms with van der Waals surface area (Å²) in [5.74, 6) is -0.809. The number of carbonyl (C=O) groups is 1. The summed E-state index contributed by atoms with van der Waals surface area (Å²) in [5.41, 5.74) is 0.452. The van der Waals surface area contributed by atoms with Gasteiger partial charge in [0, 0.05) is 5.57 Å². The summed E-state index contributed by atoms with van der Waals surface area (Å²) in [7, 11) is 0. The molecular weight excluding hydrogens is 144 g/mol. The maximum absolute atomic E-state index is 10.2. The molecule has 0 atom stereocenters. The van der Waals surface area contributed by atoms with Gasteiger partial charge in [-0.05, 0) is 13.3 Å². The van der Waals surface area contributed by atoms with Gasteiger partial charge in [0.25, 0.3) is 0 Å². The first-order valence-corrected chi connectivity index (χ1v) is 3.58. The van der Waals surface area contributed by atoms with Crippen molar-refractivity contribution in [1.82, 2.24) is 0 Å². The van der Waals surface area contributed by atoms with Crippen LogP contribution >= 0.6 is 0 Å². The lowest BCUT2D eigenvalue weighted by molar-refractivity contribution is -0.132. The zero-order chi connectivity index (χ0) is 7.98. The minimum absolute atomic E-state index is 0. The molecule has 0 saturated carbocycles. The van der Waals surface area contributed by atoms with Gasteiger partial charge in [-0.3, -0.25) is 0 Å². The molecule has 0 radical (unpaired) electrons. The Balaban J connectivity index is 0. The van der Waals surface area contributed by atoms with Crippen LogP contribution < -0.4 is 0 Å². The number of unbranched alkanes of at least 4 members (excludes halogenated alkanes) is 2. The van der Waals surface area contributed by atoms with Gasteiger partial charge in [-0.2, -0.15) is 0 Å². The molecule has 0 heterocycles. The van der Waals surface area contributed by atoms with Crippen LogP contribution in [0.15, 0.2) is 11.6 Å². The highest BCUT2D eigenvalue weighted by Gasteiger charge is 1.96. The second-order valence-electron chi connectivity index (χ2n) is 2.33. The van der Waals surface area contributed by atoms with Crippen LogP contribution in [0, 0.1) is 0 Å². The van der Waals surface area contributed by atoms with E-state index in [4.69, 9.17) is 5.11 Å². The van der Waals surface area contributed by atoms with Gasteiger partial charge in [0.15, 0.2) is 0 Å². The number of hydrogen-bond acceptors (Lipinski definition) is 1. The lowest BCUT2D eigenvalue weighted by Gasteiger charge is -1.91. The number of carboxylic acid groups (broad SMARTS) is 1. The van der Waals surface area contributed by atoms with Crippen molar-refractivity contribution in [1.29, 1.82) is 0 Å². The Bertz CT molecular complexity index is 138. The smallest absolute Gasteiger partial charge is 0.330 e. The molecule has 0 bridgehead atoms. The molecule has 0 aliphatic rings. The minimum Gasteiger partial charge on any atom is -0.478 e. The molecule has 3 heteroatoms. The average Bonchev–Trinajstić information content (AvgIpc) is 1.88. The van der Waals surface area contributed by atoms with Crippen LogP contribution in [-0.4, -0.2) is 16.6 Å². The number of allylic oxidation sites excluding steroid dienone is 1. The number of rotatable bonds is 4. The van der Waals surface area contributed by atoms with Gasteiger partial charge in [-0.25, -0.2) is 4.79 Å². The molecule has 0 saturated heterocycles.